The molecule has 3 aromatic rings. The zero-order valence-corrected chi connectivity index (χ0v) is 21.3. The number of rotatable bonds is 2. The molecule has 0 spiro atoms. The Morgan fingerprint density at radius 3 is 2.31 bits per heavy atom. The molecule has 1 saturated heterocycles. The Morgan fingerprint density at radius 1 is 0.821 bits per heavy atom. The molecule has 4 atom stereocenters. The number of ketones is 2. The van der Waals surface area contributed by atoms with Gasteiger partial charge in [-0.25, -0.2) is 0 Å². The largest absolute Gasteiger partial charge is 0.507 e. The smallest absolute Gasteiger partial charge is 0.238 e. The van der Waals surface area contributed by atoms with Crippen LogP contribution in [-0.2, 0) is 19.2 Å². The van der Waals surface area contributed by atoms with Gasteiger partial charge in [0.05, 0.1) is 17.5 Å². The van der Waals surface area contributed by atoms with Crippen molar-refractivity contribution in [2.45, 2.75) is 25.7 Å². The second-order valence-corrected chi connectivity index (χ2v) is 10.8. The van der Waals surface area contributed by atoms with Crippen LogP contribution < -0.4 is 4.90 Å². The number of nitrogens with zero attached hydrogens (tertiary/aromatic N) is 1. The van der Waals surface area contributed by atoms with E-state index in [1.165, 1.54) is 11.0 Å². The van der Waals surface area contributed by atoms with Crippen LogP contribution in [0.25, 0.3) is 10.8 Å². The highest BCUT2D eigenvalue weighted by molar-refractivity contribution is 6.25. The quantitative estimate of drug-likeness (QED) is 0.289. The fraction of sp³-hybridized carbons (Fsp3) is 0.212. The second-order valence-electron chi connectivity index (χ2n) is 10.8. The number of carbonyl (C=O) groups is 4. The van der Waals surface area contributed by atoms with Crippen molar-refractivity contribution in [1.29, 1.82) is 0 Å². The third-order valence-corrected chi connectivity index (χ3v) is 8.82. The number of allylic oxidation sites excluding steroid dienone is 6. The molecule has 192 valence electrons. The maximum atomic E-state index is 13.9. The molecule has 3 aliphatic carbocycles. The van der Waals surface area contributed by atoms with Crippen molar-refractivity contribution in [3.63, 3.8) is 0 Å². The number of phenols is 1. The SMILES string of the molecule is CC1=CC(=O)C2=C(C[C@@H]3C(=CC[C@@H]4C(=O)N(c5ccccc5)C(=O)[C@@H]43)[C@@H]2c2ccc(O)c3ccccc23)C1=O. The van der Waals surface area contributed by atoms with E-state index in [-0.39, 0.29) is 35.6 Å². The number of carbonyl (C=O) groups excluding carboxylic acids is 4. The van der Waals surface area contributed by atoms with Gasteiger partial charge >= 0.3 is 0 Å². The molecule has 1 fully saturated rings. The number of fused-ring (bicyclic) bond motifs is 4. The first kappa shape index (κ1) is 23.5. The molecule has 1 N–H and O–H groups in total. The standard InChI is InChI=1S/C33H25NO5/c1-17-15-27(36)30-25(31(17)37)16-24-22(28(30)21-13-14-26(35)20-10-6-5-9-19(20)21)11-12-23-29(24)33(39)34(32(23)38)18-7-3-2-4-8-18/h2-11,13-15,23-24,28-29,35H,12,16H2,1H3/t23-,24+,28-,29-/m0/s1. The second kappa shape index (κ2) is 8.46. The van der Waals surface area contributed by atoms with Crippen molar-refractivity contribution in [3.05, 3.63) is 107 Å². The van der Waals surface area contributed by atoms with Crippen molar-refractivity contribution >= 4 is 39.8 Å². The van der Waals surface area contributed by atoms with Gasteiger partial charge in [0.25, 0.3) is 0 Å². The molecule has 39 heavy (non-hydrogen) atoms. The molecular formula is C33H25NO5. The molecule has 0 saturated carbocycles. The molecule has 0 radical (unpaired) electrons. The number of aromatic hydroxyl groups is 1. The highest BCUT2D eigenvalue weighted by Gasteiger charge is 2.56. The van der Waals surface area contributed by atoms with Crippen molar-refractivity contribution in [2.75, 3.05) is 4.90 Å². The van der Waals surface area contributed by atoms with Gasteiger partial charge in [0.15, 0.2) is 11.6 Å². The molecule has 7 rings (SSSR count). The van der Waals surface area contributed by atoms with Gasteiger partial charge in [0, 0.05) is 28.0 Å². The lowest BCUT2D eigenvalue weighted by atomic mass is 9.59. The minimum atomic E-state index is -0.619. The van der Waals surface area contributed by atoms with Crippen LogP contribution in [0.1, 0.15) is 31.2 Å². The summed E-state index contributed by atoms with van der Waals surface area (Å²) in [7, 11) is 0. The van der Waals surface area contributed by atoms with E-state index in [0.29, 0.717) is 34.2 Å². The summed E-state index contributed by atoms with van der Waals surface area (Å²) in [4.78, 5) is 55.8. The Balaban J connectivity index is 1.43. The van der Waals surface area contributed by atoms with E-state index < -0.39 is 23.7 Å². The van der Waals surface area contributed by atoms with E-state index >= 15 is 0 Å². The number of anilines is 1. The van der Waals surface area contributed by atoms with Gasteiger partial charge in [0.2, 0.25) is 11.8 Å². The van der Waals surface area contributed by atoms with Gasteiger partial charge in [-0.05, 0) is 60.9 Å². The molecule has 3 aromatic carbocycles. The van der Waals surface area contributed by atoms with Gasteiger partial charge in [-0.15, -0.1) is 0 Å². The summed E-state index contributed by atoms with van der Waals surface area (Å²) < 4.78 is 0. The fourth-order valence-corrected chi connectivity index (χ4v) is 7.13. The molecule has 1 heterocycles. The first-order valence-electron chi connectivity index (χ1n) is 13.2. The van der Waals surface area contributed by atoms with E-state index in [4.69, 9.17) is 0 Å². The van der Waals surface area contributed by atoms with Crippen LogP contribution in [0.4, 0.5) is 5.69 Å². The number of phenolic OH excluding ortho intramolecular Hbond substituents is 1. The zero-order chi connectivity index (χ0) is 27.0. The molecule has 0 unspecified atom stereocenters. The van der Waals surface area contributed by atoms with Crippen LogP contribution in [0.15, 0.2) is 101 Å². The van der Waals surface area contributed by atoms with E-state index in [1.54, 1.807) is 37.3 Å². The van der Waals surface area contributed by atoms with Crippen LogP contribution in [0, 0.1) is 17.8 Å². The lowest BCUT2D eigenvalue weighted by molar-refractivity contribution is -0.123. The van der Waals surface area contributed by atoms with E-state index in [0.717, 1.165) is 16.5 Å². The normalized spacial score (nSPS) is 26.3. The van der Waals surface area contributed by atoms with Crippen LogP contribution in [-0.4, -0.2) is 28.5 Å². The molecule has 1 aliphatic heterocycles. The van der Waals surface area contributed by atoms with E-state index in [9.17, 15) is 24.3 Å². The number of imide groups is 1. The van der Waals surface area contributed by atoms with Crippen LogP contribution in [0.2, 0.25) is 0 Å². The first-order chi connectivity index (χ1) is 18.9. The van der Waals surface area contributed by atoms with Crippen LogP contribution in [0.3, 0.4) is 0 Å². The van der Waals surface area contributed by atoms with Crippen LogP contribution >= 0.6 is 0 Å². The van der Waals surface area contributed by atoms with Gasteiger partial charge in [0.1, 0.15) is 5.75 Å². The minimum Gasteiger partial charge on any atom is -0.507 e. The van der Waals surface area contributed by atoms with Crippen molar-refractivity contribution in [1.82, 2.24) is 0 Å². The molecular weight excluding hydrogens is 490 g/mol. The van der Waals surface area contributed by atoms with E-state index in [1.807, 2.05) is 42.5 Å². The molecule has 0 bridgehead atoms. The summed E-state index contributed by atoms with van der Waals surface area (Å²) >= 11 is 0. The van der Waals surface area contributed by atoms with Crippen LogP contribution in [0.5, 0.6) is 5.75 Å². The Labute approximate surface area is 224 Å². The summed E-state index contributed by atoms with van der Waals surface area (Å²) in [6.07, 6.45) is 4.05. The Hall–Kier alpha value is -4.58. The summed E-state index contributed by atoms with van der Waals surface area (Å²) in [6, 6.07) is 19.8. The first-order valence-corrected chi connectivity index (χ1v) is 13.2. The lowest BCUT2D eigenvalue weighted by Gasteiger charge is -2.42. The number of para-hydroxylation sites is 1. The number of hydrogen-bond donors (Lipinski definition) is 1. The van der Waals surface area contributed by atoms with Crippen molar-refractivity contribution < 1.29 is 24.3 Å². The topological polar surface area (TPSA) is 91.8 Å². The fourth-order valence-electron chi connectivity index (χ4n) is 7.13. The number of benzene rings is 3. The predicted octanol–water partition coefficient (Wildman–Crippen LogP) is 5.18. The monoisotopic (exact) mass is 515 g/mol. The number of amides is 2. The van der Waals surface area contributed by atoms with Gasteiger partial charge < -0.3 is 5.11 Å². The summed E-state index contributed by atoms with van der Waals surface area (Å²) in [5.74, 6) is -2.82. The van der Waals surface area contributed by atoms with E-state index in [2.05, 4.69) is 0 Å². The molecule has 2 amide bonds. The Kier molecular flexibility index (Phi) is 5.11. The summed E-state index contributed by atoms with van der Waals surface area (Å²) in [5, 5.41) is 12.0. The average molecular weight is 516 g/mol. The summed E-state index contributed by atoms with van der Waals surface area (Å²) in [5.41, 5.74) is 3.50. The minimum absolute atomic E-state index is 0.130. The number of Topliss-reactive ketones (excluding diaryl/α,β-unsaturated/α-hetero) is 1. The molecule has 0 aromatic heterocycles. The maximum absolute atomic E-state index is 13.9. The van der Waals surface area contributed by atoms with Crippen molar-refractivity contribution in [2.24, 2.45) is 17.8 Å². The molecule has 4 aliphatic rings. The highest BCUT2D eigenvalue weighted by Crippen LogP contribution is 2.56. The molecule has 6 heteroatoms. The maximum Gasteiger partial charge on any atom is 0.238 e. The van der Waals surface area contributed by atoms with Gasteiger partial charge in [-0.3, -0.25) is 24.1 Å². The van der Waals surface area contributed by atoms with Gasteiger partial charge in [-0.1, -0.05) is 60.2 Å². The number of hydrogen-bond acceptors (Lipinski definition) is 5. The molecule has 6 nitrogen and oxygen atoms in total. The Morgan fingerprint density at radius 2 is 1.54 bits per heavy atom. The lowest BCUT2D eigenvalue weighted by Crippen LogP contribution is -2.39. The summed E-state index contributed by atoms with van der Waals surface area (Å²) in [6.45, 7) is 1.64. The Bertz CT molecular complexity index is 1730. The van der Waals surface area contributed by atoms with Crippen molar-refractivity contribution in [3.8, 4) is 5.75 Å². The third-order valence-electron chi connectivity index (χ3n) is 8.82. The third kappa shape index (κ3) is 3.27. The zero-order valence-electron chi connectivity index (χ0n) is 21.3. The average Bonchev–Trinajstić information content (AvgIpc) is 3.21. The van der Waals surface area contributed by atoms with Gasteiger partial charge in [-0.2, -0.15) is 0 Å². The highest BCUT2D eigenvalue weighted by atomic mass is 16.3. The predicted molar refractivity (Wildman–Crippen MR) is 146 cm³/mol.